The van der Waals surface area contributed by atoms with E-state index in [2.05, 4.69) is 27.7 Å². The van der Waals surface area contributed by atoms with Crippen LogP contribution in [0, 0.1) is 13.0 Å². The summed E-state index contributed by atoms with van der Waals surface area (Å²) in [6.07, 6.45) is 0. The second kappa shape index (κ2) is 3.68. The Balaban J connectivity index is 0.000000853. The van der Waals surface area contributed by atoms with Crippen molar-refractivity contribution in [1.29, 1.82) is 0 Å². The van der Waals surface area contributed by atoms with E-state index in [0.717, 1.165) is 22.1 Å². The average Bonchev–Trinajstić information content (AvgIpc) is 2.67. The number of rotatable bonds is 0. The summed E-state index contributed by atoms with van der Waals surface area (Å²) in [5.41, 5.74) is 1.79. The summed E-state index contributed by atoms with van der Waals surface area (Å²) in [6, 6.07) is 11.1. The minimum absolute atomic E-state index is 0. The van der Waals surface area contributed by atoms with Gasteiger partial charge in [-0.25, -0.2) is 4.52 Å². The van der Waals surface area contributed by atoms with Crippen molar-refractivity contribution in [1.82, 2.24) is 20.0 Å². The van der Waals surface area contributed by atoms with Crippen LogP contribution in [0.4, 0.5) is 0 Å². The third-order valence-electron chi connectivity index (χ3n) is 2.28. The van der Waals surface area contributed by atoms with Crippen molar-refractivity contribution < 1.29 is 20.1 Å². The summed E-state index contributed by atoms with van der Waals surface area (Å²) in [6.45, 7) is 1.98. The van der Waals surface area contributed by atoms with Crippen molar-refractivity contribution in [3.63, 3.8) is 0 Å². The van der Waals surface area contributed by atoms with Gasteiger partial charge >= 0.3 is 0 Å². The molecule has 1 radical (unpaired) electrons. The van der Waals surface area contributed by atoms with Gasteiger partial charge in [-0.1, -0.05) is 11.5 Å². The molecule has 0 bridgehead atoms. The van der Waals surface area contributed by atoms with E-state index >= 15 is 0 Å². The van der Waals surface area contributed by atoms with E-state index in [1.165, 1.54) is 0 Å². The second-order valence-electron chi connectivity index (χ2n) is 3.20. The molecular weight excluding hydrogens is 368 g/mol. The van der Waals surface area contributed by atoms with E-state index in [1.807, 2.05) is 25.1 Å². The molecule has 0 spiro atoms. The van der Waals surface area contributed by atoms with Crippen molar-refractivity contribution in [2.24, 2.45) is 0 Å². The molecule has 0 aliphatic carbocycles. The quantitative estimate of drug-likeness (QED) is 0.558. The molecular formula is C10H7IrN4-. The van der Waals surface area contributed by atoms with Gasteiger partial charge in [0.05, 0.1) is 0 Å². The molecule has 77 valence electrons. The monoisotopic (exact) mass is 376 g/mol. The predicted molar refractivity (Wildman–Crippen MR) is 51.9 cm³/mol. The van der Waals surface area contributed by atoms with Crippen LogP contribution >= 0.6 is 0 Å². The Hall–Kier alpha value is -1.32. The first-order valence-electron chi connectivity index (χ1n) is 4.34. The Kier molecular flexibility index (Phi) is 2.50. The molecule has 2 heterocycles. The first-order valence-corrected chi connectivity index (χ1v) is 4.34. The van der Waals surface area contributed by atoms with Crippen LogP contribution in [0.1, 0.15) is 5.69 Å². The minimum atomic E-state index is 0. The topological polar surface area (TPSA) is 43.1 Å². The molecule has 15 heavy (non-hydrogen) atoms. The Labute approximate surface area is 99.6 Å². The van der Waals surface area contributed by atoms with Gasteiger partial charge in [0.1, 0.15) is 5.65 Å². The number of hydrogen-bond acceptors (Lipinski definition) is 3. The maximum atomic E-state index is 3.98. The summed E-state index contributed by atoms with van der Waals surface area (Å²) in [5, 5.41) is 13.6. The van der Waals surface area contributed by atoms with Gasteiger partial charge < -0.3 is 0 Å². The number of aromatic nitrogens is 4. The summed E-state index contributed by atoms with van der Waals surface area (Å²) < 4.78 is 1.72. The fourth-order valence-electron chi connectivity index (χ4n) is 1.63. The van der Waals surface area contributed by atoms with E-state index in [1.54, 1.807) is 4.52 Å². The van der Waals surface area contributed by atoms with Crippen molar-refractivity contribution in [2.75, 3.05) is 0 Å². The molecule has 5 heteroatoms. The Morgan fingerprint density at radius 3 is 3.13 bits per heavy atom. The number of pyridine rings is 1. The van der Waals surface area contributed by atoms with E-state index in [4.69, 9.17) is 0 Å². The Morgan fingerprint density at radius 2 is 2.27 bits per heavy atom. The van der Waals surface area contributed by atoms with Crippen molar-refractivity contribution in [3.8, 4) is 0 Å². The largest absolute Gasteiger partial charge is 0.239 e. The molecule has 0 atom stereocenters. The zero-order chi connectivity index (χ0) is 9.54. The summed E-state index contributed by atoms with van der Waals surface area (Å²) in [7, 11) is 0. The fraction of sp³-hybridized carbons (Fsp3) is 0.100. The first kappa shape index (κ1) is 10.2. The van der Waals surface area contributed by atoms with E-state index < -0.39 is 0 Å². The molecule has 0 saturated carbocycles. The zero-order valence-corrected chi connectivity index (χ0v) is 10.3. The number of benzene rings is 1. The van der Waals surface area contributed by atoms with Crippen LogP contribution in [-0.2, 0) is 20.1 Å². The zero-order valence-electron chi connectivity index (χ0n) is 7.93. The summed E-state index contributed by atoms with van der Waals surface area (Å²) in [4.78, 5) is 0. The van der Waals surface area contributed by atoms with Crippen LogP contribution in [0.3, 0.4) is 0 Å². The van der Waals surface area contributed by atoms with Gasteiger partial charge in [0.25, 0.3) is 0 Å². The normalized spacial score (nSPS) is 10.5. The number of nitrogens with zero attached hydrogens (tertiary/aromatic N) is 4. The van der Waals surface area contributed by atoms with E-state index in [-0.39, 0.29) is 20.1 Å². The molecule has 0 fully saturated rings. The SMILES string of the molecule is Cc1cc2ccc[c-]c2c2nnnn12.[Ir]. The van der Waals surface area contributed by atoms with Crippen molar-refractivity contribution in [3.05, 3.63) is 36.0 Å². The number of hydrogen-bond donors (Lipinski definition) is 0. The van der Waals surface area contributed by atoms with Gasteiger partial charge in [0.2, 0.25) is 0 Å². The van der Waals surface area contributed by atoms with E-state index in [0.29, 0.717) is 0 Å². The van der Waals surface area contributed by atoms with Crippen LogP contribution < -0.4 is 0 Å². The smallest absolute Gasteiger partial charge is 0.104 e. The molecule has 2 aromatic heterocycles. The molecule has 0 aliphatic heterocycles. The van der Waals surface area contributed by atoms with Crippen LogP contribution in [0.2, 0.25) is 0 Å². The number of tetrazole rings is 1. The van der Waals surface area contributed by atoms with Crippen LogP contribution in [0.5, 0.6) is 0 Å². The molecule has 0 amide bonds. The molecule has 4 nitrogen and oxygen atoms in total. The Morgan fingerprint density at radius 1 is 1.40 bits per heavy atom. The van der Waals surface area contributed by atoms with Gasteiger partial charge in [-0.05, 0) is 17.4 Å². The third kappa shape index (κ3) is 1.44. The van der Waals surface area contributed by atoms with Crippen molar-refractivity contribution >= 4 is 16.4 Å². The summed E-state index contributed by atoms with van der Waals surface area (Å²) >= 11 is 0. The fourth-order valence-corrected chi connectivity index (χ4v) is 1.63. The van der Waals surface area contributed by atoms with Gasteiger partial charge in [-0.15, -0.1) is 29.7 Å². The molecule has 0 unspecified atom stereocenters. The predicted octanol–water partition coefficient (Wildman–Crippen LogP) is 1.38. The first-order chi connectivity index (χ1) is 6.86. The maximum Gasteiger partial charge on any atom is 0.104 e. The minimum Gasteiger partial charge on any atom is -0.239 e. The van der Waals surface area contributed by atoms with Crippen LogP contribution in [0.15, 0.2) is 24.3 Å². The average molecular weight is 375 g/mol. The van der Waals surface area contributed by atoms with Crippen LogP contribution in [0.25, 0.3) is 16.4 Å². The summed E-state index contributed by atoms with van der Waals surface area (Å²) in [5.74, 6) is 0. The molecule has 0 N–H and O–H groups in total. The van der Waals surface area contributed by atoms with Crippen LogP contribution in [-0.4, -0.2) is 20.0 Å². The van der Waals surface area contributed by atoms with Gasteiger partial charge in [-0.3, -0.25) is 0 Å². The van der Waals surface area contributed by atoms with Gasteiger partial charge in [-0.2, -0.15) is 5.10 Å². The van der Waals surface area contributed by atoms with Gasteiger partial charge in [0, 0.05) is 25.8 Å². The number of fused-ring (bicyclic) bond motifs is 3. The second-order valence-corrected chi connectivity index (χ2v) is 3.20. The van der Waals surface area contributed by atoms with Crippen molar-refractivity contribution in [2.45, 2.75) is 6.92 Å². The standard InChI is InChI=1S/C10H7N4.Ir/c1-7-6-8-4-2-3-5-9(8)10-11-12-13-14(7)10;/h2-4,6H,1H3;/q-1;. The third-order valence-corrected chi connectivity index (χ3v) is 2.28. The molecule has 3 aromatic rings. The van der Waals surface area contributed by atoms with E-state index in [9.17, 15) is 0 Å². The Bertz CT molecular complexity index is 617. The number of aryl methyl sites for hydroxylation is 1. The van der Waals surface area contributed by atoms with Gasteiger partial charge in [0.15, 0.2) is 0 Å². The molecule has 1 aromatic carbocycles. The maximum absolute atomic E-state index is 3.98. The molecule has 0 saturated heterocycles. The molecule has 3 rings (SSSR count). The molecule has 0 aliphatic rings.